The molecule has 2 N–H and O–H groups in total. The normalized spacial score (nSPS) is 22.4. The van der Waals surface area contributed by atoms with Crippen molar-refractivity contribution in [1.29, 1.82) is 0 Å². The van der Waals surface area contributed by atoms with Crippen molar-refractivity contribution in [2.45, 2.75) is 11.5 Å². The molecule has 26 heavy (non-hydrogen) atoms. The summed E-state index contributed by atoms with van der Waals surface area (Å²) >= 11 is 0. The van der Waals surface area contributed by atoms with Gasteiger partial charge < -0.3 is 5.73 Å². The van der Waals surface area contributed by atoms with Crippen LogP contribution in [0.4, 0.5) is 0 Å². The van der Waals surface area contributed by atoms with E-state index in [0.29, 0.717) is 0 Å². The fourth-order valence-corrected chi connectivity index (χ4v) is 4.97. The van der Waals surface area contributed by atoms with Crippen LogP contribution in [0.1, 0.15) is 22.3 Å². The van der Waals surface area contributed by atoms with Crippen LogP contribution in [0, 0.1) is 5.92 Å². The standard InChI is InChI=1S/C25H21N/c26-23-17-9-15-21-20-14-7-8-16-22(20)25(24(21)23,18-10-3-1-4-11-18)19-12-5-2-6-13-19/h1-17,23-24H,26H2. The largest absolute Gasteiger partial charge is 0.324 e. The second-order valence-corrected chi connectivity index (χ2v) is 7.15. The zero-order chi connectivity index (χ0) is 17.6. The van der Waals surface area contributed by atoms with Gasteiger partial charge in [-0.1, -0.05) is 103 Å². The van der Waals surface area contributed by atoms with Crippen molar-refractivity contribution in [2.24, 2.45) is 11.7 Å². The average Bonchev–Trinajstić information content (AvgIpc) is 3.02. The molecule has 126 valence electrons. The maximum Gasteiger partial charge on any atom is 0.0543 e. The molecule has 2 unspecified atom stereocenters. The molecular formula is C25H21N. The minimum atomic E-state index is -0.269. The van der Waals surface area contributed by atoms with E-state index >= 15 is 0 Å². The van der Waals surface area contributed by atoms with E-state index in [1.54, 1.807) is 0 Å². The minimum Gasteiger partial charge on any atom is -0.324 e. The van der Waals surface area contributed by atoms with Gasteiger partial charge in [0.25, 0.3) is 0 Å². The predicted octanol–water partition coefficient (Wildman–Crippen LogP) is 4.93. The van der Waals surface area contributed by atoms with E-state index < -0.39 is 0 Å². The molecule has 2 aliphatic carbocycles. The third kappa shape index (κ3) is 1.95. The first kappa shape index (κ1) is 15.4. The highest BCUT2D eigenvalue weighted by Crippen LogP contribution is 2.58. The van der Waals surface area contributed by atoms with Crippen molar-refractivity contribution >= 4 is 5.57 Å². The van der Waals surface area contributed by atoms with Gasteiger partial charge in [-0.25, -0.2) is 0 Å². The van der Waals surface area contributed by atoms with Crippen molar-refractivity contribution in [3.63, 3.8) is 0 Å². The zero-order valence-electron chi connectivity index (χ0n) is 14.5. The van der Waals surface area contributed by atoms with Crippen LogP contribution in [0.2, 0.25) is 0 Å². The molecule has 0 aromatic heterocycles. The summed E-state index contributed by atoms with van der Waals surface area (Å²) in [7, 11) is 0. The number of rotatable bonds is 2. The highest BCUT2D eigenvalue weighted by Gasteiger charge is 2.53. The van der Waals surface area contributed by atoms with Crippen LogP contribution in [-0.4, -0.2) is 6.04 Å². The molecule has 2 atom stereocenters. The molecular weight excluding hydrogens is 314 g/mol. The monoisotopic (exact) mass is 335 g/mol. The van der Waals surface area contributed by atoms with E-state index in [2.05, 4.69) is 103 Å². The quantitative estimate of drug-likeness (QED) is 0.706. The first-order chi connectivity index (χ1) is 12.8. The van der Waals surface area contributed by atoms with Gasteiger partial charge in [0.15, 0.2) is 0 Å². The summed E-state index contributed by atoms with van der Waals surface area (Å²) in [6.07, 6.45) is 6.50. The Morgan fingerprint density at radius 2 is 1.27 bits per heavy atom. The first-order valence-electron chi connectivity index (χ1n) is 9.18. The summed E-state index contributed by atoms with van der Waals surface area (Å²) < 4.78 is 0. The van der Waals surface area contributed by atoms with Crippen LogP contribution >= 0.6 is 0 Å². The highest BCUT2D eigenvalue weighted by molar-refractivity contribution is 5.84. The van der Waals surface area contributed by atoms with E-state index in [-0.39, 0.29) is 17.4 Å². The zero-order valence-corrected chi connectivity index (χ0v) is 14.5. The van der Waals surface area contributed by atoms with Gasteiger partial charge in [0.05, 0.1) is 5.41 Å². The summed E-state index contributed by atoms with van der Waals surface area (Å²) in [5.41, 5.74) is 13.1. The summed E-state index contributed by atoms with van der Waals surface area (Å²) in [6, 6.07) is 30.5. The van der Waals surface area contributed by atoms with Crippen LogP contribution in [0.15, 0.2) is 103 Å². The number of hydrogen-bond acceptors (Lipinski definition) is 1. The van der Waals surface area contributed by atoms with Gasteiger partial charge in [-0.15, -0.1) is 0 Å². The van der Waals surface area contributed by atoms with Crippen LogP contribution in [0.5, 0.6) is 0 Å². The van der Waals surface area contributed by atoms with Crippen LogP contribution in [-0.2, 0) is 5.41 Å². The SMILES string of the molecule is NC1C=CC=C2c3ccccc3C(c3ccccc3)(c3ccccc3)C21. The number of allylic oxidation sites excluding steroid dienone is 2. The molecule has 3 aromatic carbocycles. The molecule has 0 aliphatic heterocycles. The van der Waals surface area contributed by atoms with E-state index in [9.17, 15) is 0 Å². The number of benzene rings is 3. The maximum absolute atomic E-state index is 6.72. The minimum absolute atomic E-state index is 0.0252. The molecule has 0 radical (unpaired) electrons. The molecule has 0 amide bonds. The predicted molar refractivity (Wildman–Crippen MR) is 108 cm³/mol. The van der Waals surface area contributed by atoms with Crippen LogP contribution in [0.25, 0.3) is 5.57 Å². The van der Waals surface area contributed by atoms with Gasteiger partial charge in [0.1, 0.15) is 0 Å². The van der Waals surface area contributed by atoms with Crippen molar-refractivity contribution in [3.05, 3.63) is 125 Å². The lowest BCUT2D eigenvalue weighted by atomic mass is 9.62. The molecule has 2 aliphatic rings. The third-order valence-electron chi connectivity index (χ3n) is 5.92. The Hall–Kier alpha value is -2.90. The molecule has 0 heterocycles. The smallest absolute Gasteiger partial charge is 0.0543 e. The fourth-order valence-electron chi connectivity index (χ4n) is 4.97. The van der Waals surface area contributed by atoms with Gasteiger partial charge in [0.2, 0.25) is 0 Å². The van der Waals surface area contributed by atoms with E-state index in [4.69, 9.17) is 5.73 Å². The van der Waals surface area contributed by atoms with Crippen LogP contribution in [0.3, 0.4) is 0 Å². The topological polar surface area (TPSA) is 26.0 Å². The Bertz CT molecular complexity index is 959. The van der Waals surface area contributed by atoms with Crippen molar-refractivity contribution in [2.75, 3.05) is 0 Å². The number of hydrogen-bond donors (Lipinski definition) is 1. The summed E-state index contributed by atoms with van der Waals surface area (Å²) in [5, 5.41) is 0. The van der Waals surface area contributed by atoms with Crippen molar-refractivity contribution in [3.8, 4) is 0 Å². The van der Waals surface area contributed by atoms with E-state index in [0.717, 1.165) is 0 Å². The van der Waals surface area contributed by atoms with Gasteiger partial charge in [-0.05, 0) is 27.8 Å². The van der Waals surface area contributed by atoms with Gasteiger partial charge in [-0.2, -0.15) is 0 Å². The van der Waals surface area contributed by atoms with Gasteiger partial charge >= 0.3 is 0 Å². The van der Waals surface area contributed by atoms with E-state index in [1.165, 1.54) is 27.8 Å². The average molecular weight is 335 g/mol. The Labute approximate surface area is 154 Å². The number of nitrogens with two attached hydrogens (primary N) is 1. The molecule has 0 spiro atoms. The molecule has 0 saturated carbocycles. The first-order valence-corrected chi connectivity index (χ1v) is 9.18. The third-order valence-corrected chi connectivity index (χ3v) is 5.92. The molecule has 0 saturated heterocycles. The van der Waals surface area contributed by atoms with Gasteiger partial charge in [0, 0.05) is 12.0 Å². The second kappa shape index (κ2) is 5.82. The Morgan fingerprint density at radius 1 is 0.692 bits per heavy atom. The lowest BCUT2D eigenvalue weighted by molar-refractivity contribution is 0.441. The lowest BCUT2D eigenvalue weighted by Gasteiger charge is -2.41. The van der Waals surface area contributed by atoms with Crippen molar-refractivity contribution in [1.82, 2.24) is 0 Å². The fraction of sp³-hybridized carbons (Fsp3) is 0.120. The molecule has 1 nitrogen and oxygen atoms in total. The maximum atomic E-state index is 6.72. The number of fused-ring (bicyclic) bond motifs is 3. The molecule has 5 rings (SSSR count). The van der Waals surface area contributed by atoms with Crippen LogP contribution < -0.4 is 5.73 Å². The second-order valence-electron chi connectivity index (χ2n) is 7.15. The molecule has 0 bridgehead atoms. The molecule has 3 aromatic rings. The molecule has 0 fully saturated rings. The highest BCUT2D eigenvalue weighted by atomic mass is 14.7. The Morgan fingerprint density at radius 3 is 1.92 bits per heavy atom. The Kier molecular flexibility index (Phi) is 3.44. The summed E-state index contributed by atoms with van der Waals surface area (Å²) in [4.78, 5) is 0. The Balaban J connectivity index is 1.93. The summed E-state index contributed by atoms with van der Waals surface area (Å²) in [6.45, 7) is 0. The van der Waals surface area contributed by atoms with Crippen molar-refractivity contribution < 1.29 is 0 Å². The molecule has 1 heteroatoms. The lowest BCUT2D eigenvalue weighted by Crippen LogP contribution is -2.44. The van der Waals surface area contributed by atoms with Gasteiger partial charge in [-0.3, -0.25) is 0 Å². The van der Waals surface area contributed by atoms with E-state index in [1.807, 2.05) is 0 Å². The summed E-state index contributed by atoms with van der Waals surface area (Å²) in [5.74, 6) is 0.190.